The van der Waals surface area contributed by atoms with Gasteiger partial charge in [0.25, 0.3) is 0 Å². The Bertz CT molecular complexity index is 241. The minimum absolute atomic E-state index is 0.114. The number of anilines is 1. The number of hydrogen-bond donors (Lipinski definition) is 2. The lowest BCUT2D eigenvalue weighted by atomic mass is 10.3. The first-order valence-corrected chi connectivity index (χ1v) is 2.74. The van der Waals surface area contributed by atoms with Gasteiger partial charge in [-0.25, -0.2) is 0 Å². The highest BCUT2D eigenvalue weighted by Crippen LogP contribution is 2.08. The summed E-state index contributed by atoms with van der Waals surface area (Å²) in [6.45, 7) is 0. The Kier molecular flexibility index (Phi) is 1.62. The normalized spacial score (nSPS) is 9.60. The van der Waals surface area contributed by atoms with Crippen molar-refractivity contribution < 1.29 is 14.3 Å². The smallest absolute Gasteiger partial charge is 0.311 e. The first-order chi connectivity index (χ1) is 4.68. The van der Waals surface area contributed by atoms with Crippen molar-refractivity contribution in [2.24, 2.45) is 0 Å². The fourth-order valence-corrected chi connectivity index (χ4v) is 0.639. The summed E-state index contributed by atoms with van der Waals surface area (Å²) in [5, 5.41) is 8.28. The number of rotatable bonds is 2. The number of carboxylic acids is 1. The van der Waals surface area contributed by atoms with Crippen molar-refractivity contribution in [3.05, 3.63) is 17.9 Å². The summed E-state index contributed by atoms with van der Waals surface area (Å²) in [7, 11) is 0. The van der Waals surface area contributed by atoms with Crippen LogP contribution in [0.25, 0.3) is 0 Å². The van der Waals surface area contributed by atoms with E-state index in [1.54, 1.807) is 6.07 Å². The highest BCUT2D eigenvalue weighted by Gasteiger charge is 2.03. The summed E-state index contributed by atoms with van der Waals surface area (Å²) in [6, 6.07) is 3.07. The van der Waals surface area contributed by atoms with Crippen LogP contribution in [0.1, 0.15) is 5.76 Å². The van der Waals surface area contributed by atoms with Gasteiger partial charge in [0, 0.05) is 6.07 Å². The van der Waals surface area contributed by atoms with E-state index < -0.39 is 5.97 Å². The maximum Gasteiger partial charge on any atom is 0.311 e. The van der Waals surface area contributed by atoms with E-state index in [1.165, 1.54) is 6.07 Å². The third-order valence-electron chi connectivity index (χ3n) is 1.01. The standard InChI is InChI=1S/C6H7NO3/c7-5-2-1-4(10-5)3-6(8)9/h1-2H,3,7H2,(H,8,9). The van der Waals surface area contributed by atoms with Gasteiger partial charge in [0.15, 0.2) is 5.88 Å². The Morgan fingerprint density at radius 1 is 1.70 bits per heavy atom. The van der Waals surface area contributed by atoms with Crippen LogP contribution < -0.4 is 5.73 Å². The van der Waals surface area contributed by atoms with Crippen molar-refractivity contribution in [2.45, 2.75) is 6.42 Å². The molecule has 4 nitrogen and oxygen atoms in total. The van der Waals surface area contributed by atoms with Gasteiger partial charge in [-0.3, -0.25) is 4.79 Å². The quantitative estimate of drug-likeness (QED) is 0.628. The van der Waals surface area contributed by atoms with Crippen LogP contribution in [-0.2, 0) is 11.2 Å². The molecule has 0 fully saturated rings. The summed E-state index contributed by atoms with van der Waals surface area (Å²) >= 11 is 0. The van der Waals surface area contributed by atoms with Crippen LogP contribution in [0.2, 0.25) is 0 Å². The lowest BCUT2D eigenvalue weighted by Crippen LogP contribution is -1.97. The van der Waals surface area contributed by atoms with Crippen molar-refractivity contribution in [2.75, 3.05) is 5.73 Å². The summed E-state index contributed by atoms with van der Waals surface area (Å²) < 4.78 is 4.79. The summed E-state index contributed by atoms with van der Waals surface area (Å²) in [5.74, 6) is -0.296. The maximum atomic E-state index is 10.1. The van der Waals surface area contributed by atoms with Crippen LogP contribution in [-0.4, -0.2) is 11.1 Å². The molecule has 0 amide bonds. The van der Waals surface area contributed by atoms with Crippen molar-refractivity contribution in [1.29, 1.82) is 0 Å². The third-order valence-corrected chi connectivity index (χ3v) is 1.01. The number of carbonyl (C=O) groups is 1. The highest BCUT2D eigenvalue weighted by molar-refractivity contribution is 5.69. The molecule has 0 atom stereocenters. The molecular weight excluding hydrogens is 134 g/mol. The molecule has 0 radical (unpaired) electrons. The molecule has 0 aliphatic carbocycles. The lowest BCUT2D eigenvalue weighted by molar-refractivity contribution is -0.136. The number of hydrogen-bond acceptors (Lipinski definition) is 3. The largest absolute Gasteiger partial charge is 0.481 e. The molecule has 3 N–H and O–H groups in total. The Morgan fingerprint density at radius 3 is 2.80 bits per heavy atom. The van der Waals surface area contributed by atoms with E-state index in [9.17, 15) is 4.79 Å². The van der Waals surface area contributed by atoms with Crippen LogP contribution in [0, 0.1) is 0 Å². The zero-order valence-corrected chi connectivity index (χ0v) is 5.20. The van der Waals surface area contributed by atoms with Gasteiger partial charge < -0.3 is 15.3 Å². The van der Waals surface area contributed by atoms with Crippen molar-refractivity contribution in [3.8, 4) is 0 Å². The van der Waals surface area contributed by atoms with E-state index >= 15 is 0 Å². The molecule has 1 heterocycles. The topological polar surface area (TPSA) is 76.5 Å². The van der Waals surface area contributed by atoms with Gasteiger partial charge in [0.1, 0.15) is 12.2 Å². The minimum Gasteiger partial charge on any atom is -0.481 e. The molecule has 1 aromatic heterocycles. The Balaban J connectivity index is 2.67. The van der Waals surface area contributed by atoms with Crippen molar-refractivity contribution in [1.82, 2.24) is 0 Å². The Labute approximate surface area is 57.3 Å². The molecule has 0 bridgehead atoms. The first-order valence-electron chi connectivity index (χ1n) is 2.74. The minimum atomic E-state index is -0.922. The van der Waals surface area contributed by atoms with E-state index in [0.29, 0.717) is 5.76 Å². The van der Waals surface area contributed by atoms with Gasteiger partial charge >= 0.3 is 5.97 Å². The molecular formula is C6H7NO3. The highest BCUT2D eigenvalue weighted by atomic mass is 16.4. The number of carboxylic acid groups (broad SMARTS) is 1. The predicted molar refractivity (Wildman–Crippen MR) is 34.5 cm³/mol. The van der Waals surface area contributed by atoms with E-state index in [2.05, 4.69) is 0 Å². The van der Waals surface area contributed by atoms with E-state index in [0.717, 1.165) is 0 Å². The number of furan rings is 1. The maximum absolute atomic E-state index is 10.1. The number of nitrogen functional groups attached to an aromatic ring is 1. The molecule has 0 aliphatic rings. The second-order valence-corrected chi connectivity index (χ2v) is 1.87. The van der Waals surface area contributed by atoms with E-state index in [1.807, 2.05) is 0 Å². The van der Waals surface area contributed by atoms with E-state index in [4.69, 9.17) is 15.3 Å². The summed E-state index contributed by atoms with van der Waals surface area (Å²) in [6.07, 6.45) is -0.114. The lowest BCUT2D eigenvalue weighted by Gasteiger charge is -1.87. The van der Waals surface area contributed by atoms with Gasteiger partial charge in [0.05, 0.1) is 0 Å². The number of nitrogens with two attached hydrogens (primary N) is 1. The monoisotopic (exact) mass is 141 g/mol. The second-order valence-electron chi connectivity index (χ2n) is 1.87. The SMILES string of the molecule is Nc1ccc(CC(=O)O)o1. The van der Waals surface area contributed by atoms with Crippen molar-refractivity contribution >= 4 is 11.9 Å². The molecule has 10 heavy (non-hydrogen) atoms. The molecule has 1 aromatic rings. The molecule has 0 aliphatic heterocycles. The van der Waals surface area contributed by atoms with E-state index in [-0.39, 0.29) is 12.3 Å². The van der Waals surface area contributed by atoms with Gasteiger partial charge in [-0.1, -0.05) is 0 Å². The fraction of sp³-hybridized carbons (Fsp3) is 0.167. The molecule has 0 saturated carbocycles. The zero-order valence-electron chi connectivity index (χ0n) is 5.20. The predicted octanol–water partition coefficient (Wildman–Crippen LogP) is 0.489. The molecule has 1 rings (SSSR count). The Morgan fingerprint density at radius 2 is 2.40 bits per heavy atom. The molecule has 54 valence electrons. The Hall–Kier alpha value is -1.45. The average molecular weight is 141 g/mol. The van der Waals surface area contributed by atoms with Crippen molar-refractivity contribution in [3.63, 3.8) is 0 Å². The van der Waals surface area contributed by atoms with Crippen LogP contribution >= 0.6 is 0 Å². The second kappa shape index (κ2) is 2.43. The molecule has 0 spiro atoms. The molecule has 0 aromatic carbocycles. The number of aliphatic carboxylic acids is 1. The van der Waals surface area contributed by atoms with Gasteiger partial charge in [-0.2, -0.15) is 0 Å². The summed E-state index contributed by atoms with van der Waals surface area (Å²) in [4.78, 5) is 10.1. The van der Waals surface area contributed by atoms with Gasteiger partial charge in [-0.15, -0.1) is 0 Å². The molecule has 0 unspecified atom stereocenters. The van der Waals surface area contributed by atoms with Gasteiger partial charge in [0.2, 0.25) is 0 Å². The molecule has 4 heteroatoms. The van der Waals surface area contributed by atoms with Crippen LogP contribution in [0.5, 0.6) is 0 Å². The average Bonchev–Trinajstić information content (AvgIpc) is 2.13. The fourth-order valence-electron chi connectivity index (χ4n) is 0.639. The zero-order chi connectivity index (χ0) is 7.56. The van der Waals surface area contributed by atoms with Crippen LogP contribution in [0.4, 0.5) is 5.88 Å². The third kappa shape index (κ3) is 1.51. The van der Waals surface area contributed by atoms with Crippen LogP contribution in [0.3, 0.4) is 0 Å². The summed E-state index contributed by atoms with van der Waals surface area (Å²) in [5.41, 5.74) is 5.19. The first kappa shape index (κ1) is 6.67. The van der Waals surface area contributed by atoms with Gasteiger partial charge in [-0.05, 0) is 6.07 Å². The van der Waals surface area contributed by atoms with Crippen LogP contribution in [0.15, 0.2) is 16.5 Å². The molecule has 0 saturated heterocycles.